The number of nitrogens with zero attached hydrogens (tertiary/aromatic N) is 2. The van der Waals surface area contributed by atoms with Crippen LogP contribution in [0, 0.1) is 5.82 Å². The molecule has 0 radical (unpaired) electrons. The first-order chi connectivity index (χ1) is 14.4. The Morgan fingerprint density at radius 2 is 1.77 bits per heavy atom. The fraction of sp³-hybridized carbons (Fsp3) is 0.522. The van der Waals surface area contributed by atoms with Gasteiger partial charge in [-0.15, -0.1) is 0 Å². The highest BCUT2D eigenvalue weighted by Crippen LogP contribution is 2.30. The second-order valence-corrected chi connectivity index (χ2v) is 9.50. The third-order valence-electron chi connectivity index (χ3n) is 5.51. The van der Waals surface area contributed by atoms with Gasteiger partial charge in [-0.25, -0.2) is 9.07 Å². The van der Waals surface area contributed by atoms with Crippen molar-refractivity contribution in [1.29, 1.82) is 0 Å². The van der Waals surface area contributed by atoms with E-state index in [0.717, 1.165) is 12.8 Å². The molecule has 0 atom stereocenters. The van der Waals surface area contributed by atoms with Gasteiger partial charge in [-0.05, 0) is 71.7 Å². The number of halogens is 1. The molecule has 0 unspecified atom stereocenters. The molecule has 1 aliphatic rings. The summed E-state index contributed by atoms with van der Waals surface area (Å²) in [5, 5.41) is 6.62. The molecule has 0 amide bonds. The summed E-state index contributed by atoms with van der Waals surface area (Å²) in [6.45, 7) is 10.4. The molecule has 0 aliphatic carbocycles. The topological polar surface area (TPSA) is 88.5 Å². The van der Waals surface area contributed by atoms with Crippen molar-refractivity contribution in [1.82, 2.24) is 15.1 Å². The number of aromatic nitrogens is 2. The quantitative estimate of drug-likeness (QED) is 0.563. The lowest BCUT2D eigenvalue weighted by atomic mass is 9.80. The van der Waals surface area contributed by atoms with Crippen molar-refractivity contribution >= 4 is 11.7 Å². The second kappa shape index (κ2) is 8.42. The van der Waals surface area contributed by atoms with E-state index in [9.17, 15) is 14.0 Å². The maximum atomic E-state index is 13.3. The Morgan fingerprint density at radius 3 is 2.32 bits per heavy atom. The Kier molecular flexibility index (Phi) is 6.23. The van der Waals surface area contributed by atoms with Gasteiger partial charge in [0.1, 0.15) is 5.82 Å². The molecular weight excluding hydrogens is 399 g/mol. The number of hydrogen-bond acceptors (Lipinski definition) is 5. The number of benzene rings is 1. The van der Waals surface area contributed by atoms with Crippen LogP contribution in [0.2, 0.25) is 0 Å². The zero-order chi connectivity index (χ0) is 23.0. The van der Waals surface area contributed by atoms with Crippen LogP contribution in [0.4, 0.5) is 4.39 Å². The third-order valence-corrected chi connectivity index (χ3v) is 5.51. The van der Waals surface area contributed by atoms with Crippen LogP contribution in [-0.2, 0) is 16.0 Å². The average Bonchev–Trinajstić information content (AvgIpc) is 2.95. The molecule has 0 spiro atoms. The molecule has 31 heavy (non-hydrogen) atoms. The van der Waals surface area contributed by atoms with E-state index in [1.807, 2.05) is 0 Å². The van der Waals surface area contributed by atoms with Crippen LogP contribution in [0.5, 0.6) is 0 Å². The molecule has 1 saturated heterocycles. The minimum absolute atomic E-state index is 0.0331. The van der Waals surface area contributed by atoms with Crippen molar-refractivity contribution in [3.63, 3.8) is 0 Å². The van der Waals surface area contributed by atoms with E-state index in [4.69, 9.17) is 9.73 Å². The van der Waals surface area contributed by atoms with Crippen LogP contribution in [0.3, 0.4) is 0 Å². The van der Waals surface area contributed by atoms with Crippen LogP contribution < -0.4 is 10.9 Å². The normalized spacial score (nSPS) is 18.7. The SMILES string of the molecule is COC(=O)Cc1[nH]n(-c2ccc(F)cc2)c(=O)c1C(C)=NC1CC(C)(C)NC(C)(C)C1. The molecular formula is C23H31FN4O3. The van der Waals surface area contributed by atoms with E-state index < -0.39 is 11.8 Å². The molecule has 3 rings (SSSR count). The lowest BCUT2D eigenvalue weighted by Crippen LogP contribution is -2.58. The van der Waals surface area contributed by atoms with Crippen LogP contribution in [0.15, 0.2) is 34.1 Å². The highest BCUT2D eigenvalue weighted by atomic mass is 19.1. The van der Waals surface area contributed by atoms with E-state index in [-0.39, 0.29) is 29.1 Å². The third kappa shape index (κ3) is 5.31. The van der Waals surface area contributed by atoms with Gasteiger partial charge in [-0.2, -0.15) is 0 Å². The summed E-state index contributed by atoms with van der Waals surface area (Å²) < 4.78 is 19.4. The van der Waals surface area contributed by atoms with Gasteiger partial charge in [-0.3, -0.25) is 19.7 Å². The maximum Gasteiger partial charge on any atom is 0.311 e. The molecule has 168 valence electrons. The second-order valence-electron chi connectivity index (χ2n) is 9.50. The number of esters is 1. The number of rotatable bonds is 5. The average molecular weight is 431 g/mol. The van der Waals surface area contributed by atoms with Gasteiger partial charge >= 0.3 is 5.97 Å². The lowest BCUT2D eigenvalue weighted by molar-refractivity contribution is -0.139. The molecule has 1 aliphatic heterocycles. The number of piperidine rings is 1. The number of ether oxygens (including phenoxy) is 1. The molecule has 7 nitrogen and oxygen atoms in total. The van der Waals surface area contributed by atoms with Crippen molar-refractivity contribution in [2.75, 3.05) is 7.11 Å². The van der Waals surface area contributed by atoms with E-state index in [1.54, 1.807) is 6.92 Å². The molecule has 8 heteroatoms. The largest absolute Gasteiger partial charge is 0.469 e. The molecule has 0 saturated carbocycles. The van der Waals surface area contributed by atoms with E-state index >= 15 is 0 Å². The smallest absolute Gasteiger partial charge is 0.311 e. The number of aromatic amines is 1. The van der Waals surface area contributed by atoms with Gasteiger partial charge in [0.2, 0.25) is 0 Å². The van der Waals surface area contributed by atoms with Gasteiger partial charge < -0.3 is 10.1 Å². The summed E-state index contributed by atoms with van der Waals surface area (Å²) in [6, 6.07) is 5.60. The first-order valence-electron chi connectivity index (χ1n) is 10.4. The van der Waals surface area contributed by atoms with E-state index in [1.165, 1.54) is 36.1 Å². The fourth-order valence-corrected chi connectivity index (χ4v) is 4.67. The molecule has 0 bridgehead atoms. The van der Waals surface area contributed by atoms with E-state index in [2.05, 4.69) is 38.1 Å². The number of H-pyrrole nitrogens is 1. The lowest BCUT2D eigenvalue weighted by Gasteiger charge is -2.45. The van der Waals surface area contributed by atoms with Gasteiger partial charge in [0, 0.05) is 16.8 Å². The summed E-state index contributed by atoms with van der Waals surface area (Å²) >= 11 is 0. The van der Waals surface area contributed by atoms with Crippen molar-refractivity contribution in [2.45, 2.75) is 71.0 Å². The van der Waals surface area contributed by atoms with Crippen molar-refractivity contribution in [3.05, 3.63) is 51.7 Å². The first-order valence-corrected chi connectivity index (χ1v) is 10.4. The van der Waals surface area contributed by atoms with Crippen LogP contribution >= 0.6 is 0 Å². The zero-order valence-electron chi connectivity index (χ0n) is 19.0. The van der Waals surface area contributed by atoms with Crippen LogP contribution in [0.25, 0.3) is 5.69 Å². The summed E-state index contributed by atoms with van der Waals surface area (Å²) in [7, 11) is 1.30. The highest BCUT2D eigenvalue weighted by Gasteiger charge is 2.37. The standard InChI is InChI=1S/C23H31FN4O3/c1-14(25-16-12-22(2,3)27-23(4,5)13-16)20-18(11-19(29)31-6)26-28(21(20)30)17-9-7-15(24)8-10-17/h7-10,16,26-27H,11-13H2,1-6H3. The Balaban J connectivity index is 2.05. The molecule has 2 N–H and O–H groups in total. The molecule has 1 fully saturated rings. The molecule has 1 aromatic carbocycles. The van der Waals surface area contributed by atoms with Crippen molar-refractivity contribution in [3.8, 4) is 5.69 Å². The molecule has 2 aromatic rings. The summed E-state index contributed by atoms with van der Waals surface area (Å²) in [4.78, 5) is 30.1. The number of carbonyl (C=O) groups is 1. The highest BCUT2D eigenvalue weighted by molar-refractivity contribution is 6.00. The van der Waals surface area contributed by atoms with Gasteiger partial charge in [0.25, 0.3) is 5.56 Å². The number of hydrogen-bond donors (Lipinski definition) is 2. The molecule has 1 aromatic heterocycles. The number of nitrogens with one attached hydrogen (secondary N) is 2. The van der Waals surface area contributed by atoms with E-state index in [0.29, 0.717) is 22.7 Å². The first kappa shape index (κ1) is 22.9. The Labute approximate surface area is 181 Å². The zero-order valence-corrected chi connectivity index (χ0v) is 19.0. The number of methoxy groups -OCH3 is 1. The summed E-state index contributed by atoms with van der Waals surface area (Å²) in [6.07, 6.45) is 1.57. The Morgan fingerprint density at radius 1 is 1.19 bits per heavy atom. The number of carbonyl (C=O) groups excluding carboxylic acids is 1. The number of aliphatic imine (C=N–C) groups is 1. The fourth-order valence-electron chi connectivity index (χ4n) is 4.67. The predicted molar refractivity (Wildman–Crippen MR) is 119 cm³/mol. The van der Waals surface area contributed by atoms with Crippen molar-refractivity contribution < 1.29 is 13.9 Å². The van der Waals surface area contributed by atoms with Gasteiger partial charge in [-0.1, -0.05) is 0 Å². The predicted octanol–water partition coefficient (Wildman–Crippen LogP) is 3.14. The monoisotopic (exact) mass is 430 g/mol. The minimum atomic E-state index is -0.467. The van der Waals surface area contributed by atoms with Crippen LogP contribution in [-0.4, -0.2) is 45.7 Å². The minimum Gasteiger partial charge on any atom is -0.469 e. The van der Waals surface area contributed by atoms with Gasteiger partial charge in [0.15, 0.2) is 0 Å². The Hall–Kier alpha value is -2.74. The van der Waals surface area contributed by atoms with Crippen molar-refractivity contribution in [2.24, 2.45) is 4.99 Å². The molecule has 2 heterocycles. The van der Waals surface area contributed by atoms with Gasteiger partial charge in [0.05, 0.1) is 36.5 Å². The Bertz CT molecular complexity index is 1030. The van der Waals surface area contributed by atoms with Crippen LogP contribution in [0.1, 0.15) is 58.7 Å². The summed E-state index contributed by atoms with van der Waals surface area (Å²) in [5.41, 5.74) is 1.31. The maximum absolute atomic E-state index is 13.3. The summed E-state index contributed by atoms with van der Waals surface area (Å²) in [5.74, 6) is -0.863.